The molecule has 0 aromatic heterocycles. The summed E-state index contributed by atoms with van der Waals surface area (Å²) in [7, 11) is 0. The normalized spacial score (nSPS) is 16.7. The first-order valence-corrected chi connectivity index (χ1v) is 4.73. The molecule has 2 heteroatoms. The molecule has 0 aromatic rings. The molecule has 12 heavy (non-hydrogen) atoms. The number of aliphatic hydroxyl groups is 2. The van der Waals surface area contributed by atoms with Gasteiger partial charge in [-0.1, -0.05) is 32.4 Å². The summed E-state index contributed by atoms with van der Waals surface area (Å²) in [6.45, 7) is 3.98. The second kappa shape index (κ2) is 7.32. The van der Waals surface area contributed by atoms with E-state index >= 15 is 0 Å². The third-order valence-electron chi connectivity index (χ3n) is 1.81. The molecule has 2 atom stereocenters. The van der Waals surface area contributed by atoms with Crippen molar-refractivity contribution in [3.8, 4) is 0 Å². The molecule has 0 saturated carbocycles. The zero-order valence-electron chi connectivity index (χ0n) is 8.03. The van der Waals surface area contributed by atoms with Crippen LogP contribution in [0.15, 0.2) is 12.2 Å². The average Bonchev–Trinajstić information content (AvgIpc) is 2.04. The summed E-state index contributed by atoms with van der Waals surface area (Å²) in [6.07, 6.45) is 6.26. The van der Waals surface area contributed by atoms with E-state index in [1.807, 2.05) is 19.9 Å². The molecule has 0 rings (SSSR count). The molecule has 0 aliphatic carbocycles. The molecule has 2 N–H and O–H groups in total. The zero-order valence-corrected chi connectivity index (χ0v) is 8.03. The molecule has 0 aliphatic heterocycles. The van der Waals surface area contributed by atoms with Crippen molar-refractivity contribution in [1.29, 1.82) is 0 Å². The van der Waals surface area contributed by atoms with Crippen LogP contribution in [0.4, 0.5) is 0 Å². The minimum Gasteiger partial charge on any atom is -0.393 e. The highest BCUT2D eigenvalue weighted by atomic mass is 16.3. The van der Waals surface area contributed by atoms with Crippen LogP contribution in [0.2, 0.25) is 0 Å². The van der Waals surface area contributed by atoms with Crippen molar-refractivity contribution < 1.29 is 10.2 Å². The summed E-state index contributed by atoms with van der Waals surface area (Å²) >= 11 is 0. The first-order chi connectivity index (χ1) is 5.70. The Bertz CT molecular complexity index is 121. The fourth-order valence-electron chi connectivity index (χ4n) is 0.980. The van der Waals surface area contributed by atoms with E-state index in [0.29, 0.717) is 6.42 Å². The second-order valence-corrected chi connectivity index (χ2v) is 3.08. The molecule has 72 valence electrons. The molecular weight excluding hydrogens is 152 g/mol. The van der Waals surface area contributed by atoms with Gasteiger partial charge in [-0.3, -0.25) is 0 Å². The van der Waals surface area contributed by atoms with Crippen LogP contribution in [-0.4, -0.2) is 22.4 Å². The lowest BCUT2D eigenvalue weighted by Crippen LogP contribution is -2.04. The molecule has 0 radical (unpaired) electrons. The Morgan fingerprint density at radius 3 is 2.42 bits per heavy atom. The van der Waals surface area contributed by atoms with Gasteiger partial charge < -0.3 is 10.2 Å². The molecule has 0 spiro atoms. The lowest BCUT2D eigenvalue weighted by atomic mass is 10.1. The van der Waals surface area contributed by atoms with E-state index in [1.165, 1.54) is 0 Å². The maximum atomic E-state index is 9.30. The summed E-state index contributed by atoms with van der Waals surface area (Å²) in [5.41, 5.74) is 0. The molecule has 0 aromatic carbocycles. The highest BCUT2D eigenvalue weighted by Crippen LogP contribution is 2.02. The third-order valence-corrected chi connectivity index (χ3v) is 1.81. The van der Waals surface area contributed by atoms with Gasteiger partial charge in [0.25, 0.3) is 0 Å². The lowest BCUT2D eigenvalue weighted by Gasteiger charge is -2.05. The minimum absolute atomic E-state index is 0.240. The Labute approximate surface area is 74.9 Å². The van der Waals surface area contributed by atoms with Gasteiger partial charge in [0.05, 0.1) is 12.2 Å². The summed E-state index contributed by atoms with van der Waals surface area (Å²) in [4.78, 5) is 0. The Kier molecular flexibility index (Phi) is 7.11. The van der Waals surface area contributed by atoms with Crippen molar-refractivity contribution in [2.75, 3.05) is 0 Å². The van der Waals surface area contributed by atoms with E-state index in [0.717, 1.165) is 19.3 Å². The zero-order chi connectivity index (χ0) is 9.40. The van der Waals surface area contributed by atoms with Crippen LogP contribution in [0.25, 0.3) is 0 Å². The first-order valence-electron chi connectivity index (χ1n) is 4.73. The molecule has 0 amide bonds. The van der Waals surface area contributed by atoms with Crippen LogP contribution >= 0.6 is 0 Å². The number of hydrogen-bond acceptors (Lipinski definition) is 2. The molecule has 0 saturated heterocycles. The van der Waals surface area contributed by atoms with Gasteiger partial charge in [0.1, 0.15) is 0 Å². The topological polar surface area (TPSA) is 40.5 Å². The Balaban J connectivity index is 3.45. The standard InChI is InChI=1S/C10H20O2/c1-3-6-10(12)8-5-7-9(11)4-2/h5,7,9-12H,3-4,6,8H2,1-2H3. The van der Waals surface area contributed by atoms with Gasteiger partial charge in [-0.15, -0.1) is 0 Å². The smallest absolute Gasteiger partial charge is 0.0718 e. The fraction of sp³-hybridized carbons (Fsp3) is 0.800. The predicted molar refractivity (Wildman–Crippen MR) is 51.0 cm³/mol. The Hall–Kier alpha value is -0.340. The van der Waals surface area contributed by atoms with E-state index in [1.54, 1.807) is 6.08 Å². The van der Waals surface area contributed by atoms with Crippen LogP contribution in [0, 0.1) is 0 Å². The van der Waals surface area contributed by atoms with E-state index in [2.05, 4.69) is 0 Å². The summed E-state index contributed by atoms with van der Waals surface area (Å²) in [5, 5.41) is 18.4. The number of aliphatic hydroxyl groups excluding tert-OH is 2. The quantitative estimate of drug-likeness (QED) is 0.600. The highest BCUT2D eigenvalue weighted by Gasteiger charge is 1.99. The summed E-state index contributed by atoms with van der Waals surface area (Å²) in [5.74, 6) is 0. The molecule has 0 fully saturated rings. The van der Waals surface area contributed by atoms with Crippen LogP contribution in [0.1, 0.15) is 39.5 Å². The van der Waals surface area contributed by atoms with Gasteiger partial charge in [0, 0.05) is 0 Å². The van der Waals surface area contributed by atoms with Crippen molar-refractivity contribution in [2.45, 2.75) is 51.7 Å². The first kappa shape index (κ1) is 11.7. The Morgan fingerprint density at radius 1 is 1.25 bits per heavy atom. The van der Waals surface area contributed by atoms with E-state index in [-0.39, 0.29) is 12.2 Å². The maximum Gasteiger partial charge on any atom is 0.0718 e. The van der Waals surface area contributed by atoms with Crippen LogP contribution < -0.4 is 0 Å². The van der Waals surface area contributed by atoms with Gasteiger partial charge in [0.2, 0.25) is 0 Å². The van der Waals surface area contributed by atoms with Crippen molar-refractivity contribution >= 4 is 0 Å². The van der Waals surface area contributed by atoms with Crippen LogP contribution in [-0.2, 0) is 0 Å². The molecule has 2 nitrogen and oxygen atoms in total. The van der Waals surface area contributed by atoms with Gasteiger partial charge in [0.15, 0.2) is 0 Å². The second-order valence-electron chi connectivity index (χ2n) is 3.08. The van der Waals surface area contributed by atoms with Crippen molar-refractivity contribution in [3.05, 3.63) is 12.2 Å². The van der Waals surface area contributed by atoms with E-state index < -0.39 is 0 Å². The van der Waals surface area contributed by atoms with Gasteiger partial charge >= 0.3 is 0 Å². The predicted octanol–water partition coefficient (Wildman–Crippen LogP) is 1.86. The molecule has 2 unspecified atom stereocenters. The van der Waals surface area contributed by atoms with Gasteiger partial charge in [-0.25, -0.2) is 0 Å². The summed E-state index contributed by atoms with van der Waals surface area (Å²) < 4.78 is 0. The monoisotopic (exact) mass is 172 g/mol. The van der Waals surface area contributed by atoms with Crippen LogP contribution in [0.3, 0.4) is 0 Å². The van der Waals surface area contributed by atoms with Crippen LogP contribution in [0.5, 0.6) is 0 Å². The lowest BCUT2D eigenvalue weighted by molar-refractivity contribution is 0.165. The fourth-order valence-corrected chi connectivity index (χ4v) is 0.980. The number of rotatable bonds is 6. The highest BCUT2D eigenvalue weighted by molar-refractivity contribution is 4.89. The molecule has 0 heterocycles. The van der Waals surface area contributed by atoms with Gasteiger partial charge in [-0.2, -0.15) is 0 Å². The van der Waals surface area contributed by atoms with E-state index in [9.17, 15) is 5.11 Å². The molecule has 0 aliphatic rings. The van der Waals surface area contributed by atoms with Gasteiger partial charge in [-0.05, 0) is 19.3 Å². The van der Waals surface area contributed by atoms with E-state index in [4.69, 9.17) is 5.11 Å². The van der Waals surface area contributed by atoms with Crippen molar-refractivity contribution in [2.24, 2.45) is 0 Å². The molecule has 0 bridgehead atoms. The third kappa shape index (κ3) is 6.38. The Morgan fingerprint density at radius 2 is 1.92 bits per heavy atom. The maximum absolute atomic E-state index is 9.30. The average molecular weight is 172 g/mol. The van der Waals surface area contributed by atoms with Crippen molar-refractivity contribution in [3.63, 3.8) is 0 Å². The number of hydrogen-bond donors (Lipinski definition) is 2. The largest absolute Gasteiger partial charge is 0.393 e. The van der Waals surface area contributed by atoms with Crippen molar-refractivity contribution in [1.82, 2.24) is 0 Å². The summed E-state index contributed by atoms with van der Waals surface area (Å²) in [6, 6.07) is 0. The molecular formula is C10H20O2. The SMILES string of the molecule is CCCC(O)CC=CC(O)CC. The minimum atomic E-state index is -0.348.